The van der Waals surface area contributed by atoms with Gasteiger partial charge >= 0.3 is 0 Å². The van der Waals surface area contributed by atoms with E-state index in [1.165, 1.54) is 29.3 Å². The van der Waals surface area contributed by atoms with Crippen molar-refractivity contribution in [1.29, 1.82) is 0 Å². The SMILES string of the molecule is Cc1nc2[nH]c3c(C4CC4)cccc3c2cc1-c1nnc([C@@H](CC(=O)N[C@H](C)c2ccccc2)C(C)C)o1. The van der Waals surface area contributed by atoms with Crippen molar-refractivity contribution in [2.24, 2.45) is 5.92 Å². The molecular weight excluding hydrogens is 474 g/mol. The Morgan fingerprint density at radius 1 is 1.05 bits per heavy atom. The van der Waals surface area contributed by atoms with Gasteiger partial charge in [0.25, 0.3) is 0 Å². The van der Waals surface area contributed by atoms with Crippen molar-refractivity contribution in [2.75, 3.05) is 0 Å². The topological polar surface area (TPSA) is 96.7 Å². The summed E-state index contributed by atoms with van der Waals surface area (Å²) in [7, 11) is 0. The first-order valence-corrected chi connectivity index (χ1v) is 13.5. The van der Waals surface area contributed by atoms with Gasteiger partial charge < -0.3 is 14.7 Å². The number of benzene rings is 2. The number of aryl methyl sites for hydroxylation is 1. The van der Waals surface area contributed by atoms with E-state index in [9.17, 15) is 4.79 Å². The van der Waals surface area contributed by atoms with Crippen molar-refractivity contribution in [2.45, 2.75) is 64.8 Å². The summed E-state index contributed by atoms with van der Waals surface area (Å²) in [6.07, 6.45) is 2.77. The molecule has 0 saturated heterocycles. The van der Waals surface area contributed by atoms with Crippen LogP contribution in [0.1, 0.15) is 80.6 Å². The largest absolute Gasteiger partial charge is 0.420 e. The van der Waals surface area contributed by atoms with Crippen LogP contribution in [0.4, 0.5) is 0 Å². The molecule has 7 heteroatoms. The molecule has 0 radical (unpaired) electrons. The number of pyridine rings is 1. The molecule has 0 spiro atoms. The average Bonchev–Trinajstić information content (AvgIpc) is 3.53. The molecule has 1 fully saturated rings. The van der Waals surface area contributed by atoms with E-state index in [0.717, 1.165) is 27.9 Å². The quantitative estimate of drug-likeness (QED) is 0.237. The van der Waals surface area contributed by atoms with Gasteiger partial charge in [-0.25, -0.2) is 4.98 Å². The van der Waals surface area contributed by atoms with E-state index in [0.29, 0.717) is 17.7 Å². The number of aromatic amines is 1. The molecule has 0 aliphatic heterocycles. The Morgan fingerprint density at radius 3 is 2.58 bits per heavy atom. The maximum absolute atomic E-state index is 13.0. The number of hydrogen-bond acceptors (Lipinski definition) is 5. The number of fused-ring (bicyclic) bond motifs is 3. The molecular formula is C31H33N5O2. The standard InChI is InChI=1S/C31H33N5O2/c1-17(2)24(16-27(37)32-18(3)20-9-6-5-7-10-20)30-35-36-31(38-30)25-15-26-23-12-8-11-22(21-13-14-21)28(23)34-29(26)33-19(25)4/h5-12,15,17-18,21,24H,13-14,16H2,1-4H3,(H,32,37)(H,33,34)/t18-,24+/m1/s1. The first-order chi connectivity index (χ1) is 18.4. The molecule has 0 unspecified atom stereocenters. The van der Waals surface area contributed by atoms with Gasteiger partial charge in [0.15, 0.2) is 0 Å². The molecule has 1 aliphatic rings. The first-order valence-electron chi connectivity index (χ1n) is 13.5. The van der Waals surface area contributed by atoms with Crippen LogP contribution >= 0.6 is 0 Å². The molecule has 3 heterocycles. The summed E-state index contributed by atoms with van der Waals surface area (Å²) in [5.74, 6) is 1.48. The van der Waals surface area contributed by atoms with E-state index in [2.05, 4.69) is 58.6 Å². The molecule has 38 heavy (non-hydrogen) atoms. The van der Waals surface area contributed by atoms with Crippen LogP contribution in [0.3, 0.4) is 0 Å². The number of amides is 1. The monoisotopic (exact) mass is 507 g/mol. The third kappa shape index (κ3) is 4.57. The van der Waals surface area contributed by atoms with Crippen LogP contribution in [-0.4, -0.2) is 26.1 Å². The molecule has 2 atom stereocenters. The molecule has 194 valence electrons. The first kappa shape index (κ1) is 24.3. The molecule has 5 aromatic rings. The summed E-state index contributed by atoms with van der Waals surface area (Å²) in [6, 6.07) is 18.5. The van der Waals surface area contributed by atoms with Crippen LogP contribution in [0.15, 0.2) is 59.0 Å². The second-order valence-electron chi connectivity index (χ2n) is 10.9. The number of carbonyl (C=O) groups excluding carboxylic acids is 1. The summed E-state index contributed by atoms with van der Waals surface area (Å²) in [5.41, 5.74) is 6.14. The van der Waals surface area contributed by atoms with Gasteiger partial charge in [0.2, 0.25) is 17.7 Å². The zero-order valence-corrected chi connectivity index (χ0v) is 22.3. The van der Waals surface area contributed by atoms with Crippen LogP contribution in [-0.2, 0) is 4.79 Å². The van der Waals surface area contributed by atoms with E-state index in [1.807, 2.05) is 44.2 Å². The molecule has 7 nitrogen and oxygen atoms in total. The van der Waals surface area contributed by atoms with Gasteiger partial charge in [-0.1, -0.05) is 62.4 Å². The fraction of sp³-hybridized carbons (Fsp3) is 0.355. The van der Waals surface area contributed by atoms with Gasteiger partial charge in [-0.05, 0) is 55.7 Å². The summed E-state index contributed by atoms with van der Waals surface area (Å²) in [6.45, 7) is 8.10. The number of nitrogens with zero attached hydrogens (tertiary/aromatic N) is 3. The Kier molecular flexibility index (Phi) is 6.22. The predicted molar refractivity (Wildman–Crippen MR) is 149 cm³/mol. The minimum Gasteiger partial charge on any atom is -0.420 e. The molecule has 2 aromatic carbocycles. The van der Waals surface area contributed by atoms with Crippen molar-refractivity contribution in [1.82, 2.24) is 25.5 Å². The number of aromatic nitrogens is 4. The number of nitrogens with one attached hydrogen (secondary N) is 2. The van der Waals surface area contributed by atoms with Gasteiger partial charge in [-0.3, -0.25) is 4.79 Å². The fourth-order valence-electron chi connectivity index (χ4n) is 5.34. The fourth-order valence-corrected chi connectivity index (χ4v) is 5.34. The van der Waals surface area contributed by atoms with E-state index < -0.39 is 0 Å². The highest BCUT2D eigenvalue weighted by atomic mass is 16.4. The zero-order chi connectivity index (χ0) is 26.4. The van der Waals surface area contributed by atoms with Crippen molar-refractivity contribution in [3.8, 4) is 11.5 Å². The maximum Gasteiger partial charge on any atom is 0.249 e. The van der Waals surface area contributed by atoms with Crippen molar-refractivity contribution in [3.05, 3.63) is 77.3 Å². The molecule has 1 saturated carbocycles. The van der Waals surface area contributed by atoms with E-state index >= 15 is 0 Å². The minimum absolute atomic E-state index is 0.0377. The Morgan fingerprint density at radius 2 is 1.84 bits per heavy atom. The maximum atomic E-state index is 13.0. The average molecular weight is 508 g/mol. The van der Waals surface area contributed by atoms with Crippen LogP contribution in [0.2, 0.25) is 0 Å². The summed E-state index contributed by atoms with van der Waals surface area (Å²) >= 11 is 0. The molecule has 1 amide bonds. The molecule has 2 N–H and O–H groups in total. The van der Waals surface area contributed by atoms with E-state index in [-0.39, 0.29) is 30.2 Å². The molecule has 6 rings (SSSR count). The van der Waals surface area contributed by atoms with Crippen LogP contribution < -0.4 is 5.32 Å². The number of carbonyl (C=O) groups is 1. The summed E-state index contributed by atoms with van der Waals surface area (Å²) in [4.78, 5) is 21.4. The smallest absolute Gasteiger partial charge is 0.249 e. The van der Waals surface area contributed by atoms with Gasteiger partial charge in [0.1, 0.15) is 5.65 Å². The molecule has 3 aromatic heterocycles. The Labute approximate surface area is 222 Å². The highest BCUT2D eigenvalue weighted by molar-refractivity contribution is 6.08. The summed E-state index contributed by atoms with van der Waals surface area (Å²) < 4.78 is 6.22. The van der Waals surface area contributed by atoms with Gasteiger partial charge in [-0.2, -0.15) is 0 Å². The van der Waals surface area contributed by atoms with Crippen LogP contribution in [0.25, 0.3) is 33.4 Å². The predicted octanol–water partition coefficient (Wildman–Crippen LogP) is 6.96. The number of H-pyrrole nitrogens is 1. The van der Waals surface area contributed by atoms with Gasteiger partial charge in [0, 0.05) is 23.1 Å². The third-order valence-electron chi connectivity index (χ3n) is 7.74. The second-order valence-corrected chi connectivity index (χ2v) is 10.9. The molecule has 1 aliphatic carbocycles. The van der Waals surface area contributed by atoms with Gasteiger partial charge in [0.05, 0.1) is 22.8 Å². The lowest BCUT2D eigenvalue weighted by Crippen LogP contribution is -2.29. The highest BCUT2D eigenvalue weighted by Crippen LogP contribution is 2.44. The lowest BCUT2D eigenvalue weighted by atomic mass is 9.92. The van der Waals surface area contributed by atoms with Crippen LogP contribution in [0.5, 0.6) is 0 Å². The number of rotatable bonds is 8. The number of para-hydroxylation sites is 1. The molecule has 0 bridgehead atoms. The third-order valence-corrected chi connectivity index (χ3v) is 7.74. The Hall–Kier alpha value is -4.00. The van der Waals surface area contributed by atoms with Crippen molar-refractivity contribution >= 4 is 27.8 Å². The number of hydrogen-bond donors (Lipinski definition) is 2. The zero-order valence-electron chi connectivity index (χ0n) is 22.3. The van der Waals surface area contributed by atoms with Crippen molar-refractivity contribution < 1.29 is 9.21 Å². The van der Waals surface area contributed by atoms with Crippen molar-refractivity contribution in [3.63, 3.8) is 0 Å². The lowest BCUT2D eigenvalue weighted by Gasteiger charge is -2.19. The Balaban J connectivity index is 1.27. The van der Waals surface area contributed by atoms with E-state index in [1.54, 1.807) is 0 Å². The Bertz CT molecular complexity index is 1610. The minimum atomic E-state index is -0.189. The second kappa shape index (κ2) is 9.71. The van der Waals surface area contributed by atoms with Crippen LogP contribution in [0, 0.1) is 12.8 Å². The van der Waals surface area contributed by atoms with Gasteiger partial charge in [-0.15, -0.1) is 10.2 Å². The summed E-state index contributed by atoms with van der Waals surface area (Å²) in [5, 5.41) is 14.1. The highest BCUT2D eigenvalue weighted by Gasteiger charge is 2.28. The normalized spacial score (nSPS) is 15.3. The van der Waals surface area contributed by atoms with E-state index in [4.69, 9.17) is 9.40 Å². The lowest BCUT2D eigenvalue weighted by molar-refractivity contribution is -0.122.